The second kappa shape index (κ2) is 14.5. The zero-order chi connectivity index (χ0) is 31.9. The highest BCUT2D eigenvalue weighted by Gasteiger charge is 2.28. The van der Waals surface area contributed by atoms with Gasteiger partial charge >= 0.3 is 0 Å². The summed E-state index contributed by atoms with van der Waals surface area (Å²) < 4.78 is 46.4. The van der Waals surface area contributed by atoms with Gasteiger partial charge in [-0.05, 0) is 49.5 Å². The first-order valence-electron chi connectivity index (χ1n) is 15.3. The van der Waals surface area contributed by atoms with Crippen molar-refractivity contribution in [1.29, 1.82) is 5.41 Å². The Bertz CT molecular complexity index is 1640. The van der Waals surface area contributed by atoms with Crippen LogP contribution in [0.2, 0.25) is 0 Å². The molecule has 3 N–H and O–H groups in total. The summed E-state index contributed by atoms with van der Waals surface area (Å²) in [6.45, 7) is 7.33. The van der Waals surface area contributed by atoms with Gasteiger partial charge in [0, 0.05) is 58.9 Å². The number of rotatable bonds is 11. The Hall–Kier alpha value is -4.50. The Kier molecular flexibility index (Phi) is 10.3. The molecule has 45 heavy (non-hydrogen) atoms. The summed E-state index contributed by atoms with van der Waals surface area (Å²) in [6.07, 6.45) is 7.68. The average Bonchev–Trinajstić information content (AvgIpc) is 3.53. The Labute approximate surface area is 263 Å². The van der Waals surface area contributed by atoms with Crippen LogP contribution < -0.4 is 20.1 Å². The maximum atomic E-state index is 14.8. The van der Waals surface area contributed by atoms with Crippen LogP contribution in [-0.2, 0) is 11.3 Å². The third-order valence-corrected chi connectivity index (χ3v) is 8.32. The first-order valence-corrected chi connectivity index (χ1v) is 15.3. The van der Waals surface area contributed by atoms with Gasteiger partial charge in [-0.25, -0.2) is 8.78 Å². The summed E-state index contributed by atoms with van der Waals surface area (Å²) in [6, 6.07) is 11.7. The van der Waals surface area contributed by atoms with Gasteiger partial charge in [-0.2, -0.15) is 0 Å². The van der Waals surface area contributed by atoms with E-state index in [9.17, 15) is 14.2 Å². The summed E-state index contributed by atoms with van der Waals surface area (Å²) in [4.78, 5) is 4.19. The molecule has 2 heterocycles. The van der Waals surface area contributed by atoms with Crippen molar-refractivity contribution < 1.29 is 23.0 Å². The molecule has 1 unspecified atom stereocenters. The molecule has 5 rings (SSSR count). The number of pyridine rings is 1. The van der Waals surface area contributed by atoms with Crippen molar-refractivity contribution in [3.05, 3.63) is 112 Å². The lowest BCUT2D eigenvalue weighted by Gasteiger charge is -2.21. The fourth-order valence-corrected chi connectivity index (χ4v) is 5.86. The second-order valence-electron chi connectivity index (χ2n) is 11.1. The number of nitrogens with one attached hydrogen (secondary N) is 3. The molecular formula is C36H40F2N4O3. The van der Waals surface area contributed by atoms with E-state index in [4.69, 9.17) is 14.2 Å². The van der Waals surface area contributed by atoms with E-state index in [-0.39, 0.29) is 23.8 Å². The summed E-state index contributed by atoms with van der Waals surface area (Å²) in [5.41, 5.74) is 7.94. The minimum atomic E-state index is -0.679. The molecule has 2 aliphatic rings. The SMILES string of the molecule is CCOc1cc(F)c(CNc2ccccc2C(=N)/C2=C\CC(C)/C(Nc3ccncc3OC)=C3/COCC3=C(CC)C2)c(F)c1. The normalized spacial score (nSPS) is 19.5. The maximum absolute atomic E-state index is 14.8. The maximum Gasteiger partial charge on any atom is 0.160 e. The van der Waals surface area contributed by atoms with E-state index >= 15 is 0 Å². The number of nitrogens with zero attached hydrogens (tertiary/aromatic N) is 1. The van der Waals surface area contributed by atoms with Gasteiger partial charge < -0.3 is 24.8 Å². The minimum Gasteiger partial charge on any atom is -0.494 e. The van der Waals surface area contributed by atoms with Gasteiger partial charge in [0.25, 0.3) is 0 Å². The van der Waals surface area contributed by atoms with Crippen molar-refractivity contribution >= 4 is 17.1 Å². The quantitative estimate of drug-likeness (QED) is 0.189. The second-order valence-corrected chi connectivity index (χ2v) is 11.1. The van der Waals surface area contributed by atoms with E-state index in [1.165, 1.54) is 23.3 Å². The summed E-state index contributed by atoms with van der Waals surface area (Å²) in [5, 5.41) is 16.2. The monoisotopic (exact) mass is 614 g/mol. The van der Waals surface area contributed by atoms with Crippen LogP contribution in [0, 0.1) is 23.0 Å². The van der Waals surface area contributed by atoms with Crippen molar-refractivity contribution in [2.45, 2.75) is 46.6 Å². The van der Waals surface area contributed by atoms with Crippen LogP contribution in [0.15, 0.2) is 88.9 Å². The number of ether oxygens (including phenoxy) is 3. The van der Waals surface area contributed by atoms with E-state index in [1.807, 2.05) is 30.3 Å². The van der Waals surface area contributed by atoms with Crippen LogP contribution in [0.4, 0.5) is 20.2 Å². The van der Waals surface area contributed by atoms with E-state index in [2.05, 4.69) is 35.5 Å². The van der Waals surface area contributed by atoms with Crippen LogP contribution in [0.1, 0.15) is 51.2 Å². The predicted molar refractivity (Wildman–Crippen MR) is 174 cm³/mol. The number of aromatic nitrogens is 1. The van der Waals surface area contributed by atoms with Gasteiger partial charge in [0.1, 0.15) is 17.4 Å². The zero-order valence-electron chi connectivity index (χ0n) is 26.2. The number of methoxy groups -OCH3 is 1. The molecule has 1 aliphatic carbocycles. The molecule has 0 spiro atoms. The number of benzene rings is 2. The van der Waals surface area contributed by atoms with Crippen molar-refractivity contribution in [3.63, 3.8) is 0 Å². The number of anilines is 2. The molecule has 3 aromatic rings. The molecule has 9 heteroatoms. The molecule has 236 valence electrons. The van der Waals surface area contributed by atoms with Crippen molar-refractivity contribution in [2.24, 2.45) is 5.92 Å². The standard InChI is InChI=1S/C36H40F2N4O3/c1-5-23-15-24(12-11-22(3)36(29-21-44-20-28(23)29)42-33-13-14-40-19-34(33)43-4)35(39)26-9-7-8-10-32(26)41-18-27-30(37)16-25(45-6-2)17-31(27)38/h7-10,12-14,16-17,19,22,39,41H,5-6,11,15,18,20-21H2,1-4H3,(H,40,42)/b24-12-,28-23?,36-29+,39-35?. The highest BCUT2D eigenvalue weighted by Crippen LogP contribution is 2.38. The van der Waals surface area contributed by atoms with E-state index in [1.54, 1.807) is 26.4 Å². The van der Waals surface area contributed by atoms with Crippen LogP contribution >= 0.6 is 0 Å². The third-order valence-electron chi connectivity index (χ3n) is 8.32. The van der Waals surface area contributed by atoms with Gasteiger partial charge in [-0.1, -0.05) is 43.7 Å². The van der Waals surface area contributed by atoms with Crippen molar-refractivity contribution in [3.8, 4) is 11.5 Å². The molecule has 1 fully saturated rings. The first-order chi connectivity index (χ1) is 21.8. The number of fused-ring (bicyclic) bond motifs is 1. The van der Waals surface area contributed by atoms with E-state index in [0.29, 0.717) is 55.4 Å². The molecule has 0 radical (unpaired) electrons. The summed E-state index contributed by atoms with van der Waals surface area (Å²) in [7, 11) is 1.63. The Morgan fingerprint density at radius 2 is 1.82 bits per heavy atom. The van der Waals surface area contributed by atoms with Crippen LogP contribution in [0.25, 0.3) is 0 Å². The smallest absolute Gasteiger partial charge is 0.160 e. The summed E-state index contributed by atoms with van der Waals surface area (Å²) >= 11 is 0. The Morgan fingerprint density at radius 1 is 1.07 bits per heavy atom. The van der Waals surface area contributed by atoms with Gasteiger partial charge in [0.05, 0.1) is 44.5 Å². The molecule has 7 nitrogen and oxygen atoms in total. The van der Waals surface area contributed by atoms with Crippen LogP contribution in [0.5, 0.6) is 11.5 Å². The van der Waals surface area contributed by atoms with Gasteiger partial charge in [-0.3, -0.25) is 10.4 Å². The Balaban J connectivity index is 1.44. The predicted octanol–water partition coefficient (Wildman–Crippen LogP) is 8.21. The lowest BCUT2D eigenvalue weighted by Crippen LogP contribution is -2.14. The molecule has 0 amide bonds. The van der Waals surface area contributed by atoms with E-state index in [0.717, 1.165) is 29.0 Å². The number of halogens is 2. The Morgan fingerprint density at radius 3 is 2.56 bits per heavy atom. The topological polar surface area (TPSA) is 88.5 Å². The zero-order valence-corrected chi connectivity index (χ0v) is 26.2. The number of hydrogen-bond donors (Lipinski definition) is 3. The molecule has 0 saturated carbocycles. The fraction of sp³-hybridized carbons (Fsp3) is 0.333. The highest BCUT2D eigenvalue weighted by molar-refractivity contribution is 6.14. The number of para-hydroxylation sites is 1. The van der Waals surface area contributed by atoms with Gasteiger partial charge in [0.2, 0.25) is 0 Å². The van der Waals surface area contributed by atoms with Gasteiger partial charge in [0.15, 0.2) is 5.75 Å². The third kappa shape index (κ3) is 7.09. The lowest BCUT2D eigenvalue weighted by molar-refractivity contribution is 0.214. The van der Waals surface area contributed by atoms with Crippen molar-refractivity contribution in [2.75, 3.05) is 37.6 Å². The molecule has 1 aliphatic heterocycles. The molecule has 1 saturated heterocycles. The molecule has 2 aromatic carbocycles. The molecule has 0 bridgehead atoms. The first kappa shape index (κ1) is 31.9. The van der Waals surface area contributed by atoms with Crippen LogP contribution in [-0.4, -0.2) is 37.6 Å². The molecule has 1 aromatic heterocycles. The average molecular weight is 615 g/mol. The lowest BCUT2D eigenvalue weighted by atomic mass is 9.90. The summed E-state index contributed by atoms with van der Waals surface area (Å²) in [5.74, 6) is -0.454. The molecule has 1 atom stereocenters. The largest absolute Gasteiger partial charge is 0.494 e. The fourth-order valence-electron chi connectivity index (χ4n) is 5.86. The molecular weight excluding hydrogens is 574 g/mol. The highest BCUT2D eigenvalue weighted by atomic mass is 19.1. The minimum absolute atomic E-state index is 0.0766. The van der Waals surface area contributed by atoms with Gasteiger partial charge in [-0.15, -0.1) is 0 Å². The number of hydrogen-bond acceptors (Lipinski definition) is 7. The van der Waals surface area contributed by atoms with Crippen LogP contribution in [0.3, 0.4) is 0 Å². The number of allylic oxidation sites excluding steroid dienone is 4. The van der Waals surface area contributed by atoms with Crippen molar-refractivity contribution in [1.82, 2.24) is 4.98 Å². The van der Waals surface area contributed by atoms with E-state index < -0.39 is 11.6 Å².